The second-order valence-electron chi connectivity index (χ2n) is 6.98. The second kappa shape index (κ2) is 8.40. The number of oxime groups is 1. The number of rotatable bonds is 6. The SMILES string of the molecule is CC(C)CC(=O)ON=C1C(=O)N(Cc2ccc(Cl)cc2)c2ccc([N+](=O)[O-])cc21. The fourth-order valence-electron chi connectivity index (χ4n) is 2.90. The minimum atomic E-state index is -0.580. The molecule has 1 heterocycles. The van der Waals surface area contributed by atoms with Crippen molar-refractivity contribution in [2.24, 2.45) is 11.1 Å². The maximum atomic E-state index is 13.0. The number of fused-ring (bicyclic) bond motifs is 1. The first-order valence-electron chi connectivity index (χ1n) is 8.89. The lowest BCUT2D eigenvalue weighted by atomic mass is 10.1. The topological polar surface area (TPSA) is 102 Å². The third-order valence-corrected chi connectivity index (χ3v) is 4.50. The average molecular weight is 416 g/mol. The Morgan fingerprint density at radius 2 is 1.93 bits per heavy atom. The van der Waals surface area contributed by atoms with Gasteiger partial charge in [-0.1, -0.05) is 42.7 Å². The first-order valence-corrected chi connectivity index (χ1v) is 9.27. The van der Waals surface area contributed by atoms with Gasteiger partial charge in [0, 0.05) is 22.7 Å². The van der Waals surface area contributed by atoms with Crippen LogP contribution in [0.15, 0.2) is 47.6 Å². The lowest BCUT2D eigenvalue weighted by molar-refractivity contribution is -0.384. The van der Waals surface area contributed by atoms with Gasteiger partial charge in [0.15, 0.2) is 5.71 Å². The van der Waals surface area contributed by atoms with Crippen molar-refractivity contribution >= 4 is 40.6 Å². The van der Waals surface area contributed by atoms with E-state index in [4.69, 9.17) is 16.4 Å². The van der Waals surface area contributed by atoms with E-state index in [9.17, 15) is 19.7 Å². The van der Waals surface area contributed by atoms with E-state index in [1.165, 1.54) is 23.1 Å². The number of amides is 1. The summed E-state index contributed by atoms with van der Waals surface area (Å²) in [7, 11) is 0. The largest absolute Gasteiger partial charge is 0.335 e. The van der Waals surface area contributed by atoms with Crippen LogP contribution in [0.1, 0.15) is 31.4 Å². The van der Waals surface area contributed by atoms with E-state index in [0.29, 0.717) is 10.7 Å². The number of benzene rings is 2. The molecule has 150 valence electrons. The lowest BCUT2D eigenvalue weighted by Crippen LogP contribution is -2.29. The molecule has 0 unspecified atom stereocenters. The van der Waals surface area contributed by atoms with Crippen molar-refractivity contribution in [2.75, 3.05) is 4.90 Å². The molecule has 0 N–H and O–H groups in total. The number of non-ortho nitro benzene ring substituents is 1. The van der Waals surface area contributed by atoms with Crippen LogP contribution in [0.5, 0.6) is 0 Å². The fourth-order valence-corrected chi connectivity index (χ4v) is 3.03. The Kier molecular flexibility index (Phi) is 5.93. The van der Waals surface area contributed by atoms with Crippen LogP contribution in [0.2, 0.25) is 5.02 Å². The van der Waals surface area contributed by atoms with Gasteiger partial charge in [0.2, 0.25) is 0 Å². The minimum Gasteiger partial charge on any atom is -0.317 e. The van der Waals surface area contributed by atoms with E-state index in [1.54, 1.807) is 24.3 Å². The number of nitrogens with zero attached hydrogens (tertiary/aromatic N) is 3. The normalized spacial score (nSPS) is 14.4. The predicted molar refractivity (Wildman–Crippen MR) is 108 cm³/mol. The number of carbonyl (C=O) groups excluding carboxylic acids is 2. The van der Waals surface area contributed by atoms with Crippen molar-refractivity contribution in [1.82, 2.24) is 0 Å². The van der Waals surface area contributed by atoms with Gasteiger partial charge in [-0.25, -0.2) is 4.79 Å². The highest BCUT2D eigenvalue weighted by molar-refractivity contribution is 6.54. The van der Waals surface area contributed by atoms with Gasteiger partial charge in [-0.05, 0) is 29.7 Å². The summed E-state index contributed by atoms with van der Waals surface area (Å²) in [5.74, 6) is -1.02. The van der Waals surface area contributed by atoms with Gasteiger partial charge >= 0.3 is 5.97 Å². The summed E-state index contributed by atoms with van der Waals surface area (Å²) in [6, 6.07) is 11.0. The Morgan fingerprint density at radius 1 is 1.24 bits per heavy atom. The summed E-state index contributed by atoms with van der Waals surface area (Å²) in [4.78, 5) is 41.7. The summed E-state index contributed by atoms with van der Waals surface area (Å²) < 4.78 is 0. The number of anilines is 1. The maximum Gasteiger partial charge on any atom is 0.335 e. The van der Waals surface area contributed by atoms with Gasteiger partial charge in [-0.15, -0.1) is 0 Å². The zero-order valence-electron chi connectivity index (χ0n) is 15.8. The van der Waals surface area contributed by atoms with Crippen molar-refractivity contribution in [3.8, 4) is 0 Å². The van der Waals surface area contributed by atoms with Crippen LogP contribution in [0.4, 0.5) is 11.4 Å². The van der Waals surface area contributed by atoms with Crippen LogP contribution in [-0.4, -0.2) is 22.5 Å². The van der Waals surface area contributed by atoms with Gasteiger partial charge in [-0.3, -0.25) is 14.9 Å². The zero-order valence-corrected chi connectivity index (χ0v) is 16.5. The van der Waals surface area contributed by atoms with Gasteiger partial charge < -0.3 is 9.74 Å². The van der Waals surface area contributed by atoms with Crippen molar-refractivity contribution in [3.05, 3.63) is 68.7 Å². The average Bonchev–Trinajstić information content (AvgIpc) is 2.92. The molecular weight excluding hydrogens is 398 g/mol. The second-order valence-corrected chi connectivity index (χ2v) is 7.41. The molecule has 0 aromatic heterocycles. The van der Waals surface area contributed by atoms with E-state index < -0.39 is 16.8 Å². The molecule has 2 aromatic rings. The molecule has 0 saturated carbocycles. The van der Waals surface area contributed by atoms with E-state index >= 15 is 0 Å². The van der Waals surface area contributed by atoms with E-state index in [-0.39, 0.29) is 35.8 Å². The fraction of sp³-hybridized carbons (Fsp3) is 0.250. The number of nitro benzene ring substituents is 1. The highest BCUT2D eigenvalue weighted by atomic mass is 35.5. The molecule has 0 bridgehead atoms. The Bertz CT molecular complexity index is 1000. The first-order chi connectivity index (χ1) is 13.8. The van der Waals surface area contributed by atoms with Crippen LogP contribution >= 0.6 is 11.6 Å². The number of hydrogen-bond acceptors (Lipinski definition) is 6. The maximum absolute atomic E-state index is 13.0. The molecule has 8 nitrogen and oxygen atoms in total. The molecule has 0 aliphatic carbocycles. The number of hydrogen-bond donors (Lipinski definition) is 0. The first kappa shape index (κ1) is 20.5. The molecule has 1 aliphatic rings. The smallest absolute Gasteiger partial charge is 0.317 e. The quantitative estimate of drug-likeness (QED) is 0.401. The molecule has 0 fully saturated rings. The van der Waals surface area contributed by atoms with Crippen LogP contribution in [0.3, 0.4) is 0 Å². The molecule has 0 radical (unpaired) electrons. The minimum absolute atomic E-state index is 0.0664. The molecule has 1 amide bonds. The molecule has 0 spiro atoms. The van der Waals surface area contributed by atoms with Crippen molar-refractivity contribution in [1.29, 1.82) is 0 Å². The van der Waals surface area contributed by atoms with Gasteiger partial charge in [0.1, 0.15) is 0 Å². The summed E-state index contributed by atoms with van der Waals surface area (Å²) in [6.45, 7) is 3.91. The van der Waals surface area contributed by atoms with E-state index in [2.05, 4.69) is 5.16 Å². The Hall–Kier alpha value is -3.26. The summed E-state index contributed by atoms with van der Waals surface area (Å²) in [5.41, 5.74) is 1.18. The Labute approximate surface area is 171 Å². The third-order valence-electron chi connectivity index (χ3n) is 4.25. The highest BCUT2D eigenvalue weighted by Gasteiger charge is 2.36. The van der Waals surface area contributed by atoms with Crippen molar-refractivity contribution in [3.63, 3.8) is 0 Å². The van der Waals surface area contributed by atoms with Crippen LogP contribution in [0.25, 0.3) is 0 Å². The highest BCUT2D eigenvalue weighted by Crippen LogP contribution is 2.34. The zero-order chi connectivity index (χ0) is 21.1. The third kappa shape index (κ3) is 4.60. The number of halogens is 1. The summed E-state index contributed by atoms with van der Waals surface area (Å²) in [6.07, 6.45) is 0.140. The number of nitro groups is 1. The molecule has 2 aromatic carbocycles. The van der Waals surface area contributed by atoms with Crippen LogP contribution < -0.4 is 4.90 Å². The standard InChI is InChI=1S/C20H18ClN3O5/c1-12(2)9-18(25)29-22-19-16-10-15(24(27)28)7-8-17(16)23(20(19)26)11-13-3-5-14(21)6-4-13/h3-8,10,12H,9,11H2,1-2H3. The summed E-state index contributed by atoms with van der Waals surface area (Å²) >= 11 is 5.90. The van der Waals surface area contributed by atoms with Gasteiger partial charge in [0.25, 0.3) is 11.6 Å². The molecule has 0 saturated heterocycles. The summed E-state index contributed by atoms with van der Waals surface area (Å²) in [5, 5.41) is 15.5. The Balaban J connectivity index is 1.96. The lowest BCUT2D eigenvalue weighted by Gasteiger charge is -2.16. The van der Waals surface area contributed by atoms with Crippen molar-refractivity contribution in [2.45, 2.75) is 26.8 Å². The monoisotopic (exact) mass is 415 g/mol. The van der Waals surface area contributed by atoms with E-state index in [0.717, 1.165) is 5.56 Å². The molecule has 1 aliphatic heterocycles. The molecular formula is C20H18ClN3O5. The van der Waals surface area contributed by atoms with E-state index in [1.807, 2.05) is 13.8 Å². The molecule has 0 atom stereocenters. The predicted octanol–water partition coefficient (Wildman–Crippen LogP) is 4.09. The molecule has 9 heteroatoms. The van der Waals surface area contributed by atoms with Crippen molar-refractivity contribution < 1.29 is 19.3 Å². The number of carbonyl (C=O) groups is 2. The van der Waals surface area contributed by atoms with Gasteiger partial charge in [0.05, 0.1) is 23.6 Å². The van der Waals surface area contributed by atoms with Crippen LogP contribution in [-0.2, 0) is 21.0 Å². The molecule has 3 rings (SSSR count). The Morgan fingerprint density at radius 3 is 2.55 bits per heavy atom. The van der Waals surface area contributed by atoms with Crippen LogP contribution in [0, 0.1) is 16.0 Å². The van der Waals surface area contributed by atoms with Gasteiger partial charge in [-0.2, -0.15) is 0 Å². The molecule has 29 heavy (non-hydrogen) atoms.